The number of urea groups is 1. The van der Waals surface area contributed by atoms with Crippen molar-refractivity contribution < 1.29 is 4.79 Å². The molecule has 1 saturated heterocycles. The molecular weight excluding hydrogens is 492 g/mol. The molecule has 3 rings (SSSR count). The van der Waals surface area contributed by atoms with Crippen LogP contribution in [0.15, 0.2) is 63.8 Å². The molecule has 1 saturated carbocycles. The van der Waals surface area contributed by atoms with E-state index in [-0.39, 0.29) is 23.9 Å². The van der Waals surface area contributed by atoms with Gasteiger partial charge in [0.05, 0.1) is 6.54 Å². The van der Waals surface area contributed by atoms with Gasteiger partial charge in [0.2, 0.25) is 0 Å². The number of nitrogens with zero attached hydrogens (tertiary/aromatic N) is 4. The van der Waals surface area contributed by atoms with Gasteiger partial charge in [-0.2, -0.15) is 5.10 Å². The quantitative estimate of drug-likeness (QED) is 0.193. The van der Waals surface area contributed by atoms with Gasteiger partial charge in [0.25, 0.3) is 0 Å². The van der Waals surface area contributed by atoms with Gasteiger partial charge in [-0.3, -0.25) is 10.0 Å². The Balaban J connectivity index is 1.70. The minimum absolute atomic E-state index is 0.0833. The first kappa shape index (κ1) is 29.8. The molecule has 0 aromatic heterocycles. The van der Waals surface area contributed by atoms with Crippen molar-refractivity contribution in [3.8, 4) is 0 Å². The molecule has 2 fully saturated rings. The zero-order valence-electron chi connectivity index (χ0n) is 24.0. The van der Waals surface area contributed by atoms with Gasteiger partial charge in [0, 0.05) is 55.6 Å². The van der Waals surface area contributed by atoms with Gasteiger partial charge in [-0.15, -0.1) is 11.8 Å². The maximum absolute atomic E-state index is 13.3. The van der Waals surface area contributed by atoms with E-state index in [1.807, 2.05) is 28.9 Å². The molecule has 1 aromatic rings. The fourth-order valence-corrected chi connectivity index (χ4v) is 5.40. The van der Waals surface area contributed by atoms with Crippen LogP contribution < -0.4 is 10.6 Å². The summed E-state index contributed by atoms with van der Waals surface area (Å²) >= 11 is 1.81. The number of likely N-dealkylation sites (tertiary alicyclic amines) is 1. The molecule has 2 amide bonds. The first-order chi connectivity index (χ1) is 18.2. The number of amidine groups is 1. The molecule has 0 bridgehead atoms. The SMILES string of the molecule is C=C(C1CN(C(=O)NCC(=NC)N/C=C(\C)SCCC)CC1c1ccccc1)N(/N=C(\C)C1CC1)C(C)C. The van der Waals surface area contributed by atoms with Crippen LogP contribution in [0.5, 0.6) is 0 Å². The topological polar surface area (TPSA) is 72.3 Å². The Morgan fingerprint density at radius 2 is 1.95 bits per heavy atom. The Hall–Kier alpha value is -2.74. The third-order valence-electron chi connectivity index (χ3n) is 7.13. The lowest BCUT2D eigenvalue weighted by Gasteiger charge is -2.32. The number of thioether (sulfide) groups is 1. The Morgan fingerprint density at radius 3 is 2.55 bits per heavy atom. The fraction of sp³-hybridized carbons (Fsp3) is 0.567. The van der Waals surface area contributed by atoms with Crippen LogP contribution in [0.25, 0.3) is 0 Å². The summed E-state index contributed by atoms with van der Waals surface area (Å²) in [4.78, 5) is 20.7. The van der Waals surface area contributed by atoms with Crippen molar-refractivity contribution in [1.82, 2.24) is 20.5 Å². The second-order valence-electron chi connectivity index (χ2n) is 10.6. The number of nitrogens with one attached hydrogen (secondary N) is 2. The first-order valence-electron chi connectivity index (χ1n) is 13.9. The summed E-state index contributed by atoms with van der Waals surface area (Å²) in [6, 6.07) is 10.6. The van der Waals surface area contributed by atoms with Crippen LogP contribution in [0.3, 0.4) is 0 Å². The van der Waals surface area contributed by atoms with Crippen LogP contribution in [0.1, 0.15) is 65.4 Å². The number of hydrogen-bond donors (Lipinski definition) is 2. The normalized spacial score (nSPS) is 20.6. The number of allylic oxidation sites excluding steroid dienone is 1. The number of aliphatic imine (C=N–C) groups is 1. The lowest BCUT2D eigenvalue weighted by Crippen LogP contribution is -2.43. The average molecular weight is 539 g/mol. The maximum Gasteiger partial charge on any atom is 0.317 e. The Kier molecular flexibility index (Phi) is 11.3. The number of rotatable bonds is 12. The minimum Gasteiger partial charge on any atom is -0.348 e. The summed E-state index contributed by atoms with van der Waals surface area (Å²) in [6.07, 6.45) is 5.54. The van der Waals surface area contributed by atoms with Gasteiger partial charge >= 0.3 is 6.03 Å². The number of hydrogen-bond acceptors (Lipinski definition) is 5. The van der Waals surface area contributed by atoms with E-state index < -0.39 is 0 Å². The van der Waals surface area contributed by atoms with Crippen molar-refractivity contribution in [3.63, 3.8) is 0 Å². The molecular formula is C30H46N6OS. The first-order valence-corrected chi connectivity index (χ1v) is 14.9. The summed E-state index contributed by atoms with van der Waals surface area (Å²) in [5, 5.41) is 13.4. The van der Waals surface area contributed by atoms with Crippen molar-refractivity contribution in [2.45, 2.75) is 65.8 Å². The van der Waals surface area contributed by atoms with E-state index in [9.17, 15) is 4.79 Å². The molecule has 1 aliphatic carbocycles. The summed E-state index contributed by atoms with van der Waals surface area (Å²) in [5.41, 5.74) is 3.38. The van der Waals surface area contributed by atoms with E-state index in [0.29, 0.717) is 25.6 Å². The monoisotopic (exact) mass is 538 g/mol. The third-order valence-corrected chi connectivity index (χ3v) is 8.32. The predicted octanol–water partition coefficient (Wildman–Crippen LogP) is 6.04. The van der Waals surface area contributed by atoms with Gasteiger partial charge in [-0.1, -0.05) is 43.8 Å². The predicted molar refractivity (Wildman–Crippen MR) is 163 cm³/mol. The molecule has 1 aliphatic heterocycles. The van der Waals surface area contributed by atoms with Gasteiger partial charge in [0.15, 0.2) is 0 Å². The lowest BCUT2D eigenvalue weighted by atomic mass is 9.86. The molecule has 2 N–H and O–H groups in total. The highest BCUT2D eigenvalue weighted by Gasteiger charge is 2.40. The maximum atomic E-state index is 13.3. The lowest BCUT2D eigenvalue weighted by molar-refractivity contribution is 0.206. The Labute approximate surface area is 233 Å². The van der Waals surface area contributed by atoms with E-state index in [1.54, 1.807) is 7.05 Å². The van der Waals surface area contributed by atoms with E-state index in [2.05, 4.69) is 86.1 Å². The van der Waals surface area contributed by atoms with Gasteiger partial charge in [0.1, 0.15) is 5.84 Å². The van der Waals surface area contributed by atoms with E-state index in [1.165, 1.54) is 29.0 Å². The smallest absolute Gasteiger partial charge is 0.317 e. The van der Waals surface area contributed by atoms with Crippen molar-refractivity contribution >= 4 is 29.3 Å². The Bertz CT molecular complexity index is 1030. The Morgan fingerprint density at radius 1 is 1.24 bits per heavy atom. The van der Waals surface area contributed by atoms with Crippen LogP contribution in [0.4, 0.5) is 4.79 Å². The molecule has 208 valence electrons. The van der Waals surface area contributed by atoms with Crippen LogP contribution in [0.2, 0.25) is 0 Å². The largest absolute Gasteiger partial charge is 0.348 e. The molecule has 2 unspecified atom stereocenters. The molecule has 1 aromatic carbocycles. The number of hydrazone groups is 1. The number of benzene rings is 1. The summed E-state index contributed by atoms with van der Waals surface area (Å²) in [6.45, 7) is 16.8. The highest BCUT2D eigenvalue weighted by atomic mass is 32.2. The molecule has 1 heterocycles. The van der Waals surface area contributed by atoms with Crippen molar-refractivity contribution in [1.29, 1.82) is 0 Å². The molecule has 2 atom stereocenters. The number of carbonyl (C=O) groups excluding carboxylic acids is 1. The third kappa shape index (κ3) is 8.38. The van der Waals surface area contributed by atoms with E-state index >= 15 is 0 Å². The fourth-order valence-electron chi connectivity index (χ4n) is 4.73. The molecule has 7 nitrogen and oxygen atoms in total. The van der Waals surface area contributed by atoms with Crippen LogP contribution >= 0.6 is 11.8 Å². The van der Waals surface area contributed by atoms with Crippen LogP contribution in [0, 0.1) is 11.8 Å². The second kappa shape index (κ2) is 14.4. The van der Waals surface area contributed by atoms with Gasteiger partial charge < -0.3 is 15.5 Å². The highest BCUT2D eigenvalue weighted by Crippen LogP contribution is 2.39. The summed E-state index contributed by atoms with van der Waals surface area (Å²) in [7, 11) is 1.74. The van der Waals surface area contributed by atoms with Crippen LogP contribution in [-0.4, -0.2) is 66.0 Å². The zero-order chi connectivity index (χ0) is 27.7. The summed E-state index contributed by atoms with van der Waals surface area (Å²) < 4.78 is 0. The highest BCUT2D eigenvalue weighted by molar-refractivity contribution is 8.03. The molecule has 8 heteroatoms. The van der Waals surface area contributed by atoms with Crippen molar-refractivity contribution in [2.75, 3.05) is 32.4 Å². The summed E-state index contributed by atoms with van der Waals surface area (Å²) in [5.74, 6) is 2.66. The minimum atomic E-state index is -0.0843. The van der Waals surface area contributed by atoms with Gasteiger partial charge in [-0.05, 0) is 69.1 Å². The molecule has 38 heavy (non-hydrogen) atoms. The zero-order valence-corrected chi connectivity index (χ0v) is 24.9. The molecule has 0 radical (unpaired) electrons. The van der Waals surface area contributed by atoms with E-state index in [0.717, 1.165) is 23.7 Å². The van der Waals surface area contributed by atoms with Crippen molar-refractivity contribution in [2.24, 2.45) is 21.9 Å². The average Bonchev–Trinajstić information content (AvgIpc) is 3.68. The van der Waals surface area contributed by atoms with Crippen molar-refractivity contribution in [3.05, 3.63) is 59.3 Å². The molecule has 2 aliphatic rings. The molecule has 0 spiro atoms. The number of amides is 2. The van der Waals surface area contributed by atoms with E-state index in [4.69, 9.17) is 5.10 Å². The van der Waals surface area contributed by atoms with Crippen LogP contribution in [-0.2, 0) is 0 Å². The standard InChI is InChI=1S/C30H46N6OS/c1-8-16-38-22(4)17-32-29(31-7)18-33-30(37)35-19-27(28(20-35)26-12-10-9-11-13-26)24(6)36(21(2)3)34-23(5)25-14-15-25/h9-13,17,21,25,27-28H,6,8,14-16,18-20H2,1-5,7H3,(H,31,32)(H,33,37)/b22-17+,34-23+. The second-order valence-corrected chi connectivity index (χ2v) is 11.9. The number of carbonyl (C=O) groups is 1. The van der Waals surface area contributed by atoms with Gasteiger partial charge in [-0.25, -0.2) is 4.79 Å².